The van der Waals surface area contributed by atoms with Gasteiger partial charge in [-0.3, -0.25) is 4.79 Å². The number of nitrogens with zero attached hydrogens (tertiary/aromatic N) is 2. The number of halogens is 3. The topological polar surface area (TPSA) is 72.7 Å². The molecule has 3 aromatic rings. The number of carbonyl (C=O) groups is 2. The van der Waals surface area contributed by atoms with Gasteiger partial charge in [0.05, 0.1) is 29.4 Å². The van der Waals surface area contributed by atoms with Gasteiger partial charge in [-0.1, -0.05) is 12.1 Å². The lowest BCUT2D eigenvalue weighted by Crippen LogP contribution is -2.18. The van der Waals surface area contributed by atoms with Crippen LogP contribution >= 0.6 is 0 Å². The molecule has 2 aromatic heterocycles. The number of rotatable bonds is 4. The zero-order valence-corrected chi connectivity index (χ0v) is 14.1. The van der Waals surface area contributed by atoms with E-state index in [0.717, 1.165) is 12.1 Å². The molecule has 9 heteroatoms. The van der Waals surface area contributed by atoms with E-state index < -0.39 is 29.2 Å². The normalized spacial score (nSPS) is 11.4. The van der Waals surface area contributed by atoms with Gasteiger partial charge in [-0.15, -0.1) is 0 Å². The molecule has 0 aliphatic carbocycles. The number of alkyl halides is 3. The summed E-state index contributed by atoms with van der Waals surface area (Å²) >= 11 is 0. The summed E-state index contributed by atoms with van der Waals surface area (Å²) in [7, 11) is 0. The van der Waals surface area contributed by atoms with Crippen LogP contribution in [0.1, 0.15) is 33.2 Å². The first-order chi connectivity index (χ1) is 12.8. The van der Waals surface area contributed by atoms with Crippen LogP contribution in [0.3, 0.4) is 0 Å². The Morgan fingerprint density at radius 2 is 1.93 bits per heavy atom. The second kappa shape index (κ2) is 7.10. The molecule has 1 N–H and O–H groups in total. The van der Waals surface area contributed by atoms with Crippen LogP contribution in [0.25, 0.3) is 5.52 Å². The minimum atomic E-state index is -4.65. The predicted octanol–water partition coefficient (Wildman–Crippen LogP) is 3.78. The molecule has 1 amide bonds. The Morgan fingerprint density at radius 1 is 1.19 bits per heavy atom. The first-order valence-electron chi connectivity index (χ1n) is 7.93. The van der Waals surface area contributed by atoms with Crippen molar-refractivity contribution in [3.8, 4) is 0 Å². The maximum Gasteiger partial charge on any atom is 0.417 e. The van der Waals surface area contributed by atoms with Gasteiger partial charge in [0, 0.05) is 11.9 Å². The maximum absolute atomic E-state index is 13.1. The number of hydrogen-bond acceptors (Lipinski definition) is 4. The lowest BCUT2D eigenvalue weighted by atomic mass is 10.1. The first kappa shape index (κ1) is 18.4. The number of pyridine rings is 1. The molecular weight excluding hydrogens is 363 g/mol. The third kappa shape index (κ3) is 3.76. The highest BCUT2D eigenvalue weighted by Crippen LogP contribution is 2.32. The molecule has 1 aromatic carbocycles. The highest BCUT2D eigenvalue weighted by molar-refractivity contribution is 6.06. The third-order valence-electron chi connectivity index (χ3n) is 3.75. The molecule has 0 aliphatic heterocycles. The first-order valence-corrected chi connectivity index (χ1v) is 7.93. The van der Waals surface area contributed by atoms with Crippen LogP contribution in [0.2, 0.25) is 0 Å². The number of carbonyl (C=O) groups excluding carboxylic acids is 2. The number of fused-ring (bicyclic) bond motifs is 1. The number of nitrogens with one attached hydrogen (secondary N) is 1. The van der Waals surface area contributed by atoms with Crippen molar-refractivity contribution in [2.45, 2.75) is 13.1 Å². The van der Waals surface area contributed by atoms with Crippen LogP contribution in [-0.4, -0.2) is 28.1 Å². The Balaban J connectivity index is 1.92. The van der Waals surface area contributed by atoms with Gasteiger partial charge in [-0.2, -0.15) is 18.3 Å². The quantitative estimate of drug-likeness (QED) is 0.703. The number of benzene rings is 1. The second-order valence-electron chi connectivity index (χ2n) is 5.52. The van der Waals surface area contributed by atoms with E-state index in [4.69, 9.17) is 4.74 Å². The minimum absolute atomic E-state index is 0.181. The van der Waals surface area contributed by atoms with E-state index in [0.29, 0.717) is 5.52 Å². The predicted molar refractivity (Wildman–Crippen MR) is 90.5 cm³/mol. The zero-order valence-electron chi connectivity index (χ0n) is 14.1. The van der Waals surface area contributed by atoms with Gasteiger partial charge in [0.25, 0.3) is 5.91 Å². The summed E-state index contributed by atoms with van der Waals surface area (Å²) in [4.78, 5) is 24.3. The van der Waals surface area contributed by atoms with E-state index in [1.807, 2.05) is 0 Å². The molecule has 0 atom stereocenters. The van der Waals surface area contributed by atoms with Crippen molar-refractivity contribution < 1.29 is 27.5 Å². The Kier molecular flexibility index (Phi) is 4.85. The number of ether oxygens (including phenoxy) is 1. The van der Waals surface area contributed by atoms with Crippen molar-refractivity contribution in [2.75, 3.05) is 11.9 Å². The molecule has 0 unspecified atom stereocenters. The summed E-state index contributed by atoms with van der Waals surface area (Å²) in [5.74, 6) is -1.50. The number of esters is 1. The van der Waals surface area contributed by atoms with Crippen molar-refractivity contribution in [1.82, 2.24) is 9.61 Å². The highest BCUT2D eigenvalue weighted by Gasteiger charge is 2.34. The van der Waals surface area contributed by atoms with Gasteiger partial charge < -0.3 is 10.1 Å². The van der Waals surface area contributed by atoms with E-state index in [1.54, 1.807) is 6.92 Å². The van der Waals surface area contributed by atoms with Crippen LogP contribution in [-0.2, 0) is 10.9 Å². The standard InChI is InChI=1S/C18H14F3N3O3/c1-2-27-17(26)13-10-22-24-8-7-11(9-15(13)24)23-16(25)12-5-3-4-6-14(12)18(19,20)21/h3-10H,2H2,1H3,(H,23,25). The fraction of sp³-hybridized carbons (Fsp3) is 0.167. The summed E-state index contributed by atoms with van der Waals surface area (Å²) in [6.07, 6.45) is -1.86. The van der Waals surface area contributed by atoms with E-state index >= 15 is 0 Å². The molecule has 3 rings (SSSR count). The molecule has 0 radical (unpaired) electrons. The Bertz CT molecular complexity index is 1010. The SMILES string of the molecule is CCOC(=O)c1cnn2ccc(NC(=O)c3ccccc3C(F)(F)F)cc12. The van der Waals surface area contributed by atoms with Gasteiger partial charge in [-0.05, 0) is 31.2 Å². The van der Waals surface area contributed by atoms with E-state index in [2.05, 4.69) is 10.4 Å². The second-order valence-corrected chi connectivity index (χ2v) is 5.52. The smallest absolute Gasteiger partial charge is 0.417 e. The summed E-state index contributed by atoms with van der Waals surface area (Å²) in [5, 5.41) is 6.42. The third-order valence-corrected chi connectivity index (χ3v) is 3.75. The highest BCUT2D eigenvalue weighted by atomic mass is 19.4. The van der Waals surface area contributed by atoms with Crippen molar-refractivity contribution in [3.63, 3.8) is 0 Å². The summed E-state index contributed by atoms with van der Waals surface area (Å²) < 4.78 is 45.6. The Hall–Kier alpha value is -3.36. The zero-order chi connectivity index (χ0) is 19.6. The molecule has 0 fully saturated rings. The van der Waals surface area contributed by atoms with Gasteiger partial charge in [-0.25, -0.2) is 9.31 Å². The monoisotopic (exact) mass is 377 g/mol. The largest absolute Gasteiger partial charge is 0.462 e. The van der Waals surface area contributed by atoms with E-state index in [9.17, 15) is 22.8 Å². The van der Waals surface area contributed by atoms with Crippen LogP contribution in [0.15, 0.2) is 48.8 Å². The molecule has 6 nitrogen and oxygen atoms in total. The van der Waals surface area contributed by atoms with Crippen LogP contribution in [0, 0.1) is 0 Å². The van der Waals surface area contributed by atoms with Crippen molar-refractivity contribution in [3.05, 3.63) is 65.5 Å². The van der Waals surface area contributed by atoms with Crippen LogP contribution in [0.5, 0.6) is 0 Å². The molecule has 2 heterocycles. The molecular formula is C18H14F3N3O3. The van der Waals surface area contributed by atoms with Crippen LogP contribution < -0.4 is 5.32 Å². The number of aromatic nitrogens is 2. The average Bonchev–Trinajstić information content (AvgIpc) is 3.04. The molecule has 0 bridgehead atoms. The lowest BCUT2D eigenvalue weighted by Gasteiger charge is -2.12. The van der Waals surface area contributed by atoms with Gasteiger partial charge in [0.1, 0.15) is 5.56 Å². The van der Waals surface area contributed by atoms with E-state index in [1.165, 1.54) is 41.2 Å². The molecule has 27 heavy (non-hydrogen) atoms. The molecule has 0 aliphatic rings. The molecule has 140 valence electrons. The van der Waals surface area contributed by atoms with Crippen molar-refractivity contribution in [1.29, 1.82) is 0 Å². The summed E-state index contributed by atoms with van der Waals surface area (Å²) in [5.41, 5.74) is -0.765. The number of amides is 1. The number of hydrogen-bond donors (Lipinski definition) is 1. The Labute approximate surface area is 151 Å². The minimum Gasteiger partial charge on any atom is -0.462 e. The average molecular weight is 377 g/mol. The summed E-state index contributed by atoms with van der Waals surface area (Å²) in [6, 6.07) is 7.40. The van der Waals surface area contributed by atoms with Crippen LogP contribution in [0.4, 0.5) is 18.9 Å². The molecule has 0 saturated heterocycles. The van der Waals surface area contributed by atoms with Gasteiger partial charge in [0.2, 0.25) is 0 Å². The summed E-state index contributed by atoms with van der Waals surface area (Å²) in [6.45, 7) is 1.84. The maximum atomic E-state index is 13.1. The lowest BCUT2D eigenvalue weighted by molar-refractivity contribution is -0.137. The number of anilines is 1. The fourth-order valence-electron chi connectivity index (χ4n) is 2.55. The van der Waals surface area contributed by atoms with E-state index in [-0.39, 0.29) is 17.9 Å². The van der Waals surface area contributed by atoms with Crippen molar-refractivity contribution >= 4 is 23.1 Å². The Morgan fingerprint density at radius 3 is 2.63 bits per heavy atom. The molecule has 0 saturated carbocycles. The van der Waals surface area contributed by atoms with Crippen molar-refractivity contribution in [2.24, 2.45) is 0 Å². The molecule has 0 spiro atoms. The van der Waals surface area contributed by atoms with Gasteiger partial charge >= 0.3 is 12.1 Å². The van der Waals surface area contributed by atoms with Gasteiger partial charge in [0.15, 0.2) is 0 Å². The fourth-order valence-corrected chi connectivity index (χ4v) is 2.55.